The molecular weight excluding hydrogens is 421 g/mol. The number of amides is 1. The van der Waals surface area contributed by atoms with Gasteiger partial charge in [-0.25, -0.2) is 14.6 Å². The lowest BCUT2D eigenvalue weighted by molar-refractivity contribution is -0.141. The van der Waals surface area contributed by atoms with Gasteiger partial charge in [0, 0.05) is 17.7 Å². The van der Waals surface area contributed by atoms with Crippen molar-refractivity contribution in [3.63, 3.8) is 0 Å². The fraction of sp³-hybridized carbons (Fsp3) is 0.182. The summed E-state index contributed by atoms with van der Waals surface area (Å²) in [6.07, 6.45) is -3.36. The van der Waals surface area contributed by atoms with E-state index in [4.69, 9.17) is 5.73 Å². The van der Waals surface area contributed by atoms with E-state index in [2.05, 4.69) is 20.4 Å². The van der Waals surface area contributed by atoms with Gasteiger partial charge in [0.2, 0.25) is 0 Å². The molecule has 10 heteroatoms. The number of benzene rings is 2. The Kier molecular flexibility index (Phi) is 5.52. The number of halogens is 3. The maximum Gasteiger partial charge on any atom is 0.408 e. The molecule has 0 fully saturated rings. The summed E-state index contributed by atoms with van der Waals surface area (Å²) < 4.78 is 39.7. The van der Waals surface area contributed by atoms with Crippen LogP contribution in [0.2, 0.25) is 0 Å². The van der Waals surface area contributed by atoms with E-state index in [9.17, 15) is 18.0 Å². The molecule has 0 aliphatic carbocycles. The number of nitrogens with one attached hydrogen (secondary N) is 1. The number of nitrogen functional groups attached to an aromatic ring is 1. The normalized spacial score (nSPS) is 11.6. The van der Waals surface area contributed by atoms with Crippen LogP contribution in [0.3, 0.4) is 0 Å². The maximum atomic E-state index is 13.0. The van der Waals surface area contributed by atoms with Crippen LogP contribution in [0.5, 0.6) is 0 Å². The molecule has 32 heavy (non-hydrogen) atoms. The Morgan fingerprint density at radius 3 is 2.50 bits per heavy atom. The highest BCUT2D eigenvalue weighted by Gasteiger charge is 2.31. The number of anilines is 1. The first-order chi connectivity index (χ1) is 15.2. The summed E-state index contributed by atoms with van der Waals surface area (Å²) in [6, 6.07) is 14.2. The number of nitrogens with two attached hydrogens (primary N) is 1. The Morgan fingerprint density at radius 2 is 1.81 bits per heavy atom. The molecule has 1 amide bonds. The summed E-state index contributed by atoms with van der Waals surface area (Å²) >= 11 is 0. The van der Waals surface area contributed by atoms with Crippen LogP contribution in [0, 0.1) is 6.92 Å². The Morgan fingerprint density at radius 1 is 1.09 bits per heavy atom. The van der Waals surface area contributed by atoms with Gasteiger partial charge in [-0.15, -0.1) is 0 Å². The molecule has 0 unspecified atom stereocenters. The molecule has 2 aromatic heterocycles. The average molecular weight is 440 g/mol. The Hall–Kier alpha value is -3.95. The Labute approximate surface area is 181 Å². The Balaban J connectivity index is 1.58. The highest BCUT2D eigenvalue weighted by molar-refractivity contribution is 5.98. The molecule has 2 heterocycles. The molecule has 4 rings (SSSR count). The van der Waals surface area contributed by atoms with E-state index >= 15 is 0 Å². The van der Waals surface area contributed by atoms with Crippen LogP contribution < -0.4 is 11.1 Å². The standard InChI is InChI=1S/C22H19F3N6O/c1-13-4-2-3-5-16(13)21(32)27-10-14-6-8-15(9-7-14)18-17-19(26)28-12-29-20(17)31(30-18)11-22(23,24)25/h2-9,12H,10-11H2,1H3,(H,27,32)(H2,26,28,29). The quantitative estimate of drug-likeness (QED) is 0.491. The Bertz CT molecular complexity index is 1280. The van der Waals surface area contributed by atoms with Crippen molar-refractivity contribution in [3.05, 3.63) is 71.5 Å². The van der Waals surface area contributed by atoms with Crippen molar-refractivity contribution in [3.8, 4) is 11.3 Å². The minimum absolute atomic E-state index is 0.0133. The van der Waals surface area contributed by atoms with Crippen LogP contribution in [0.1, 0.15) is 21.5 Å². The second-order valence-electron chi connectivity index (χ2n) is 7.27. The largest absolute Gasteiger partial charge is 0.408 e. The highest BCUT2D eigenvalue weighted by atomic mass is 19.4. The molecule has 0 atom stereocenters. The topological polar surface area (TPSA) is 98.7 Å². The van der Waals surface area contributed by atoms with Gasteiger partial charge in [0.05, 0.1) is 5.39 Å². The summed E-state index contributed by atoms with van der Waals surface area (Å²) in [5.74, 6) is -0.137. The molecule has 0 saturated heterocycles. The highest BCUT2D eigenvalue weighted by Crippen LogP contribution is 2.31. The summed E-state index contributed by atoms with van der Waals surface area (Å²) in [4.78, 5) is 20.2. The summed E-state index contributed by atoms with van der Waals surface area (Å²) in [5, 5.41) is 7.23. The lowest BCUT2D eigenvalue weighted by Crippen LogP contribution is -2.23. The molecule has 0 radical (unpaired) electrons. The monoisotopic (exact) mass is 440 g/mol. The lowest BCUT2D eigenvalue weighted by atomic mass is 10.1. The van der Waals surface area contributed by atoms with E-state index in [1.807, 2.05) is 19.1 Å². The number of hydrogen-bond acceptors (Lipinski definition) is 5. The third-order valence-electron chi connectivity index (χ3n) is 4.96. The predicted molar refractivity (Wildman–Crippen MR) is 114 cm³/mol. The van der Waals surface area contributed by atoms with Crippen LogP contribution in [0.4, 0.5) is 19.0 Å². The van der Waals surface area contributed by atoms with Gasteiger partial charge in [-0.1, -0.05) is 42.5 Å². The fourth-order valence-electron chi connectivity index (χ4n) is 3.40. The van der Waals surface area contributed by atoms with Gasteiger partial charge in [0.15, 0.2) is 5.65 Å². The van der Waals surface area contributed by atoms with Crippen LogP contribution >= 0.6 is 0 Å². The van der Waals surface area contributed by atoms with E-state index in [-0.39, 0.29) is 28.5 Å². The zero-order chi connectivity index (χ0) is 22.9. The van der Waals surface area contributed by atoms with Gasteiger partial charge < -0.3 is 11.1 Å². The first kappa shape index (κ1) is 21.3. The van der Waals surface area contributed by atoms with Crippen molar-refractivity contribution in [2.75, 3.05) is 5.73 Å². The zero-order valence-electron chi connectivity index (χ0n) is 17.0. The number of aromatic nitrogens is 4. The molecule has 0 saturated carbocycles. The molecular formula is C22H19F3N6O. The molecule has 2 aromatic carbocycles. The molecule has 164 valence electrons. The van der Waals surface area contributed by atoms with Crippen molar-refractivity contribution < 1.29 is 18.0 Å². The van der Waals surface area contributed by atoms with Crippen LogP contribution in [-0.4, -0.2) is 31.8 Å². The van der Waals surface area contributed by atoms with Gasteiger partial charge in [-0.05, 0) is 24.1 Å². The van der Waals surface area contributed by atoms with Gasteiger partial charge in [0.25, 0.3) is 5.91 Å². The number of fused-ring (bicyclic) bond motifs is 1. The number of aryl methyl sites for hydroxylation is 1. The van der Waals surface area contributed by atoms with Gasteiger partial charge in [-0.3, -0.25) is 4.79 Å². The van der Waals surface area contributed by atoms with Crippen molar-refractivity contribution in [2.24, 2.45) is 0 Å². The second kappa shape index (κ2) is 8.29. The van der Waals surface area contributed by atoms with Gasteiger partial charge in [-0.2, -0.15) is 18.3 Å². The third-order valence-corrected chi connectivity index (χ3v) is 4.96. The van der Waals surface area contributed by atoms with Crippen molar-refractivity contribution in [1.82, 2.24) is 25.1 Å². The SMILES string of the molecule is Cc1ccccc1C(=O)NCc1ccc(-c2nn(CC(F)(F)F)c3ncnc(N)c23)cc1. The zero-order valence-corrected chi connectivity index (χ0v) is 17.0. The summed E-state index contributed by atoms with van der Waals surface area (Å²) in [6.45, 7) is 0.867. The number of carbonyl (C=O) groups is 1. The van der Waals surface area contributed by atoms with E-state index in [1.54, 1.807) is 36.4 Å². The number of hydrogen-bond donors (Lipinski definition) is 2. The predicted octanol–water partition coefficient (Wildman–Crippen LogP) is 3.88. The summed E-state index contributed by atoms with van der Waals surface area (Å²) in [5.41, 5.74) is 9.05. The molecule has 3 N–H and O–H groups in total. The molecule has 0 bridgehead atoms. The molecule has 0 aliphatic heterocycles. The van der Waals surface area contributed by atoms with Crippen molar-refractivity contribution in [2.45, 2.75) is 26.2 Å². The number of rotatable bonds is 5. The minimum atomic E-state index is -4.46. The van der Waals surface area contributed by atoms with Gasteiger partial charge in [0.1, 0.15) is 24.4 Å². The van der Waals surface area contributed by atoms with Gasteiger partial charge >= 0.3 is 6.18 Å². The number of alkyl halides is 3. The maximum absolute atomic E-state index is 13.0. The van der Waals surface area contributed by atoms with Crippen LogP contribution in [-0.2, 0) is 13.1 Å². The minimum Gasteiger partial charge on any atom is -0.383 e. The van der Waals surface area contributed by atoms with E-state index < -0.39 is 12.7 Å². The van der Waals surface area contributed by atoms with E-state index in [0.29, 0.717) is 17.7 Å². The first-order valence-corrected chi connectivity index (χ1v) is 9.70. The number of nitrogens with zero attached hydrogens (tertiary/aromatic N) is 4. The van der Waals surface area contributed by atoms with Crippen LogP contribution in [0.25, 0.3) is 22.3 Å². The van der Waals surface area contributed by atoms with E-state index in [0.717, 1.165) is 22.1 Å². The summed E-state index contributed by atoms with van der Waals surface area (Å²) in [7, 11) is 0. The third kappa shape index (κ3) is 4.39. The van der Waals surface area contributed by atoms with Crippen molar-refractivity contribution in [1.29, 1.82) is 0 Å². The fourth-order valence-corrected chi connectivity index (χ4v) is 3.40. The van der Waals surface area contributed by atoms with E-state index in [1.165, 1.54) is 0 Å². The average Bonchev–Trinajstić information content (AvgIpc) is 3.11. The smallest absolute Gasteiger partial charge is 0.383 e. The van der Waals surface area contributed by atoms with Crippen LogP contribution in [0.15, 0.2) is 54.9 Å². The lowest BCUT2D eigenvalue weighted by Gasteiger charge is -2.08. The number of carbonyl (C=O) groups excluding carboxylic acids is 1. The van der Waals surface area contributed by atoms with Crippen molar-refractivity contribution >= 4 is 22.8 Å². The first-order valence-electron chi connectivity index (χ1n) is 9.70. The molecule has 0 aliphatic rings. The molecule has 7 nitrogen and oxygen atoms in total. The molecule has 0 spiro atoms. The molecule has 4 aromatic rings. The second-order valence-corrected chi connectivity index (χ2v) is 7.27.